The van der Waals surface area contributed by atoms with Gasteiger partial charge in [-0.05, 0) is 0 Å². The van der Waals surface area contributed by atoms with Crippen LogP contribution in [0.1, 0.15) is 0 Å². The van der Waals surface area contributed by atoms with Gasteiger partial charge in [0.05, 0.1) is 0 Å². The average molecular weight is 385 g/mol. The molecule has 0 spiro atoms. The maximum absolute atomic E-state index is 5.15. The van der Waals surface area contributed by atoms with Crippen LogP contribution < -0.4 is 88.7 Å². The Morgan fingerprint density at radius 3 is 0.500 bits per heavy atom. The van der Waals surface area contributed by atoms with E-state index >= 15 is 0 Å². The predicted octanol–water partition coefficient (Wildman–Crippen LogP) is -4.85. The Balaban J connectivity index is -0.0000000600. The second-order valence-corrected chi connectivity index (χ2v) is 38.0. The number of halogens is 6. The van der Waals surface area contributed by atoms with Gasteiger partial charge in [-0.3, -0.25) is 0 Å². The third-order valence-electron chi connectivity index (χ3n) is 0. The molecule has 0 radical (unpaired) electrons. The molecule has 0 aromatic heterocycles. The van der Waals surface area contributed by atoms with E-state index in [0.717, 1.165) is 0 Å². The van der Waals surface area contributed by atoms with Crippen molar-refractivity contribution in [3.05, 3.63) is 0 Å². The molecule has 54 valence electrons. The fourth-order valence-corrected chi connectivity index (χ4v) is 0. The SMILES string of the molecule is [Cl][Rh-3]([Cl])([Cl])([Cl])([Cl])[Cl].[Na+].[Na+].[Na+]. The van der Waals surface area contributed by atoms with Crippen LogP contribution in [0.25, 0.3) is 0 Å². The van der Waals surface area contributed by atoms with Crippen LogP contribution in [0.5, 0.6) is 0 Å². The summed E-state index contributed by atoms with van der Waals surface area (Å²) in [4.78, 5) is 0. The molecule has 0 heterocycles. The maximum Gasteiger partial charge on any atom is 1.00 e. The van der Waals surface area contributed by atoms with Crippen LogP contribution in [-0.4, -0.2) is 0 Å². The Bertz CT molecular complexity index is 71.6. The van der Waals surface area contributed by atoms with Crippen molar-refractivity contribution in [2.24, 2.45) is 0 Å². The Morgan fingerprint density at radius 1 is 0.500 bits per heavy atom. The minimum absolute atomic E-state index is 0. The Labute approximate surface area is 149 Å². The molecule has 0 aliphatic carbocycles. The molecule has 0 fully saturated rings. The molecule has 0 saturated heterocycles. The minimum Gasteiger partial charge on any atom is 1.00 e. The first-order chi connectivity index (χ1) is 2.45. The van der Waals surface area contributed by atoms with Crippen LogP contribution in [0.3, 0.4) is 0 Å². The first kappa shape index (κ1) is 24.5. The topological polar surface area (TPSA) is 0 Å². The van der Waals surface area contributed by atoms with Crippen LogP contribution in [0.4, 0.5) is 0 Å². The molecule has 0 N–H and O–H groups in total. The normalized spacial score (nSPS) is 16.2. The summed E-state index contributed by atoms with van der Waals surface area (Å²) in [5.41, 5.74) is 0. The summed E-state index contributed by atoms with van der Waals surface area (Å²) < 4.78 is 0. The minimum atomic E-state index is -5.15. The molecule has 0 atom stereocenters. The maximum atomic E-state index is 5.04. The summed E-state index contributed by atoms with van der Waals surface area (Å²) >= 11 is 0. The van der Waals surface area contributed by atoms with Crippen molar-refractivity contribution < 1.29 is 95.2 Å². The van der Waals surface area contributed by atoms with E-state index in [0.29, 0.717) is 0 Å². The first-order valence-corrected chi connectivity index (χ1v) is 13.4. The molecule has 0 saturated carbocycles. The fourth-order valence-electron chi connectivity index (χ4n) is 0. The molecule has 0 nitrogen and oxygen atoms in total. The predicted molar refractivity (Wildman–Crippen MR) is 35.1 cm³/mol. The monoisotopic (exact) mass is 382 g/mol. The van der Waals surface area contributed by atoms with Gasteiger partial charge in [0.2, 0.25) is 0 Å². The van der Waals surface area contributed by atoms with Crippen LogP contribution in [0.2, 0.25) is 0 Å². The van der Waals surface area contributed by atoms with E-state index in [9.17, 15) is 0 Å². The van der Waals surface area contributed by atoms with Crippen molar-refractivity contribution in [3.8, 4) is 0 Å². The quantitative estimate of drug-likeness (QED) is 0.368. The third kappa shape index (κ3) is 71.0. The van der Waals surface area contributed by atoms with E-state index in [-0.39, 0.29) is 88.7 Å². The molecular formula is Cl6Na3Rh. The van der Waals surface area contributed by atoms with Gasteiger partial charge in [-0.25, -0.2) is 0 Å². The van der Waals surface area contributed by atoms with Gasteiger partial charge in [-0.15, -0.1) is 0 Å². The van der Waals surface area contributed by atoms with Crippen LogP contribution in [0, 0.1) is 0 Å². The van der Waals surface area contributed by atoms with Crippen LogP contribution in [-0.2, 0) is 6.48 Å². The summed E-state index contributed by atoms with van der Waals surface area (Å²) in [6.45, 7) is -5.15. The summed E-state index contributed by atoms with van der Waals surface area (Å²) in [6, 6.07) is 0. The number of hydrogen-bond acceptors (Lipinski definition) is 0. The third-order valence-corrected chi connectivity index (χ3v) is 0. The average Bonchev–Trinajstić information content (AvgIpc) is 0.592. The van der Waals surface area contributed by atoms with Crippen molar-refractivity contribution in [1.29, 1.82) is 0 Å². The van der Waals surface area contributed by atoms with Crippen LogP contribution in [0.15, 0.2) is 0 Å². The molecule has 0 amide bonds. The second kappa shape index (κ2) is 6.19. The van der Waals surface area contributed by atoms with Gasteiger partial charge < -0.3 is 0 Å². The zero-order valence-electron chi connectivity index (χ0n) is 5.60. The smallest absolute Gasteiger partial charge is 1.00 e. The van der Waals surface area contributed by atoms with Crippen molar-refractivity contribution in [2.75, 3.05) is 0 Å². The van der Waals surface area contributed by atoms with E-state index in [2.05, 4.69) is 0 Å². The van der Waals surface area contributed by atoms with E-state index in [4.69, 9.17) is 58.1 Å². The standard InChI is InChI=1S/6ClH.3Na.Rh/h6*1H;;;;/q;;;;;;3*+1;+3/p-6. The van der Waals surface area contributed by atoms with E-state index in [1.807, 2.05) is 0 Å². The largest absolute Gasteiger partial charge is 1.00 e. The number of hydrogen-bond donors (Lipinski definition) is 0. The first-order valence-electron chi connectivity index (χ1n) is 0.756. The van der Waals surface area contributed by atoms with Crippen molar-refractivity contribution in [2.45, 2.75) is 0 Å². The van der Waals surface area contributed by atoms with Gasteiger partial charge in [0, 0.05) is 0 Å². The Hall–Kier alpha value is 5.36. The summed E-state index contributed by atoms with van der Waals surface area (Å²) in [5, 5.41) is 0. The zero-order valence-corrected chi connectivity index (χ0v) is 17.8. The molecule has 10 heteroatoms. The summed E-state index contributed by atoms with van der Waals surface area (Å²) in [6.07, 6.45) is 0. The summed E-state index contributed by atoms with van der Waals surface area (Å²) in [5.74, 6) is 0. The van der Waals surface area contributed by atoms with Gasteiger partial charge in [-0.2, -0.15) is 0 Å². The molecule has 10 heavy (non-hydrogen) atoms. The van der Waals surface area contributed by atoms with Gasteiger partial charge >= 0.3 is 153 Å². The van der Waals surface area contributed by atoms with Gasteiger partial charge in [0.15, 0.2) is 0 Å². The summed E-state index contributed by atoms with van der Waals surface area (Å²) in [7, 11) is 30.2. The van der Waals surface area contributed by atoms with E-state index in [1.54, 1.807) is 0 Å². The van der Waals surface area contributed by atoms with Crippen molar-refractivity contribution >= 4 is 58.1 Å². The van der Waals surface area contributed by atoms with Gasteiger partial charge in [0.1, 0.15) is 0 Å². The molecular weight excluding hydrogens is 385 g/mol. The number of rotatable bonds is 0. The molecule has 0 aromatic rings. The molecule has 0 rings (SSSR count). The molecule has 0 aromatic carbocycles. The van der Waals surface area contributed by atoms with Crippen molar-refractivity contribution in [1.82, 2.24) is 0 Å². The second-order valence-electron chi connectivity index (χ2n) is 0.714. The zero-order chi connectivity index (χ0) is 6.41. The fraction of sp³-hybridized carbons (Fsp3) is 0. The van der Waals surface area contributed by atoms with Crippen LogP contribution >= 0.6 is 58.1 Å². The Morgan fingerprint density at radius 2 is 0.500 bits per heavy atom. The Kier molecular flexibility index (Phi) is 15.2. The van der Waals surface area contributed by atoms with Gasteiger partial charge in [-0.1, -0.05) is 0 Å². The molecule has 0 bridgehead atoms. The van der Waals surface area contributed by atoms with Gasteiger partial charge in [0.25, 0.3) is 0 Å². The molecule has 0 unspecified atom stereocenters. The molecule has 0 aliphatic rings. The van der Waals surface area contributed by atoms with Crippen molar-refractivity contribution in [3.63, 3.8) is 0 Å². The molecule has 0 aliphatic heterocycles. The van der Waals surface area contributed by atoms with E-state index in [1.165, 1.54) is 0 Å². The van der Waals surface area contributed by atoms with E-state index < -0.39 is 6.48 Å².